The number of hydrogen-bond acceptors (Lipinski definition) is 10. The van der Waals surface area contributed by atoms with E-state index in [0.29, 0.717) is 38.5 Å². The van der Waals surface area contributed by atoms with Gasteiger partial charge in [0, 0.05) is 17.9 Å². The van der Waals surface area contributed by atoms with Crippen LogP contribution in [0.1, 0.15) is 71.6 Å². The van der Waals surface area contributed by atoms with Gasteiger partial charge in [-0.2, -0.15) is 0 Å². The molecule has 214 valence electrons. The Labute approximate surface area is 222 Å². The van der Waals surface area contributed by atoms with Gasteiger partial charge in [0.15, 0.2) is 6.29 Å². The highest BCUT2D eigenvalue weighted by Gasteiger charge is 2.71. The molecule has 6 aliphatic rings. The molecule has 0 radical (unpaired) electrons. The van der Waals surface area contributed by atoms with E-state index in [1.807, 2.05) is 0 Å². The molecule has 13 unspecified atom stereocenters. The van der Waals surface area contributed by atoms with Gasteiger partial charge < -0.3 is 44.8 Å². The van der Waals surface area contributed by atoms with Crippen molar-refractivity contribution in [3.63, 3.8) is 0 Å². The van der Waals surface area contributed by atoms with Crippen molar-refractivity contribution in [3.8, 4) is 0 Å². The Morgan fingerprint density at radius 3 is 2.29 bits per heavy atom. The number of cyclic esters (lactones) is 1. The molecule has 6 rings (SSSR count). The van der Waals surface area contributed by atoms with Gasteiger partial charge in [-0.1, -0.05) is 6.92 Å². The van der Waals surface area contributed by atoms with Crippen LogP contribution in [-0.2, 0) is 19.0 Å². The first-order valence-electron chi connectivity index (χ1n) is 14.2. The standard InChI is InChI=1S/C28H42O10/c1-14-21(30)22(31)23(32)24(37-14)38-16-3-9-28(35)19-4-7-25(2)17(15-11-20(29)36-13-15)6-10-27(25,34)18(19)5-8-26(28,33)12-16/h11,14,16-19,21-24,30-35H,3-10,12-13H2,1-2H3. The molecule has 5 fully saturated rings. The fourth-order valence-electron chi connectivity index (χ4n) is 9.40. The molecule has 0 aromatic rings. The number of rotatable bonds is 3. The van der Waals surface area contributed by atoms with Crippen LogP contribution in [0.5, 0.6) is 0 Å². The topological polar surface area (TPSA) is 166 Å². The van der Waals surface area contributed by atoms with E-state index in [1.165, 1.54) is 0 Å². The van der Waals surface area contributed by atoms with Crippen LogP contribution in [0, 0.1) is 23.2 Å². The Morgan fingerprint density at radius 1 is 0.895 bits per heavy atom. The first kappa shape index (κ1) is 27.1. The van der Waals surface area contributed by atoms with Gasteiger partial charge in [-0.3, -0.25) is 0 Å². The zero-order valence-corrected chi connectivity index (χ0v) is 22.2. The Balaban J connectivity index is 1.19. The van der Waals surface area contributed by atoms with E-state index in [-0.39, 0.29) is 43.2 Å². The summed E-state index contributed by atoms with van der Waals surface area (Å²) in [4.78, 5) is 11.8. The van der Waals surface area contributed by atoms with Gasteiger partial charge >= 0.3 is 5.97 Å². The summed E-state index contributed by atoms with van der Waals surface area (Å²) in [7, 11) is 0. The Morgan fingerprint density at radius 2 is 1.58 bits per heavy atom. The molecule has 0 bridgehead atoms. The van der Waals surface area contributed by atoms with Crippen LogP contribution in [0.3, 0.4) is 0 Å². The maximum atomic E-state index is 12.3. The molecule has 4 aliphatic carbocycles. The number of aliphatic hydroxyl groups is 6. The highest BCUT2D eigenvalue weighted by molar-refractivity contribution is 5.85. The summed E-state index contributed by atoms with van der Waals surface area (Å²) in [6, 6.07) is 0. The summed E-state index contributed by atoms with van der Waals surface area (Å²) in [6.45, 7) is 3.98. The summed E-state index contributed by atoms with van der Waals surface area (Å²) in [5, 5.41) is 66.8. The minimum atomic E-state index is -1.43. The van der Waals surface area contributed by atoms with Crippen molar-refractivity contribution in [1.29, 1.82) is 0 Å². The molecule has 6 N–H and O–H groups in total. The Bertz CT molecular complexity index is 1000. The normalized spacial score (nSPS) is 56.5. The average Bonchev–Trinajstić information content (AvgIpc) is 3.41. The van der Waals surface area contributed by atoms with E-state index in [1.54, 1.807) is 13.0 Å². The van der Waals surface area contributed by atoms with Crippen molar-refractivity contribution in [2.75, 3.05) is 6.61 Å². The summed E-state index contributed by atoms with van der Waals surface area (Å²) in [6.07, 6.45) is -0.436. The quantitative estimate of drug-likeness (QED) is 0.217. The van der Waals surface area contributed by atoms with Crippen molar-refractivity contribution >= 4 is 5.97 Å². The highest BCUT2D eigenvalue weighted by atomic mass is 16.7. The second-order valence-electron chi connectivity index (χ2n) is 13.2. The van der Waals surface area contributed by atoms with E-state index >= 15 is 0 Å². The molecule has 0 amide bonds. The molecule has 10 heteroatoms. The lowest BCUT2D eigenvalue weighted by Gasteiger charge is -2.65. The summed E-state index contributed by atoms with van der Waals surface area (Å²) < 4.78 is 16.8. The second-order valence-corrected chi connectivity index (χ2v) is 13.2. The number of hydrogen-bond donors (Lipinski definition) is 6. The number of carbonyl (C=O) groups excluding carboxylic acids is 1. The van der Waals surface area contributed by atoms with Crippen LogP contribution in [0.25, 0.3) is 0 Å². The van der Waals surface area contributed by atoms with E-state index in [0.717, 1.165) is 12.0 Å². The van der Waals surface area contributed by atoms with Crippen LogP contribution in [-0.4, -0.2) is 96.8 Å². The minimum absolute atomic E-state index is 0.0534. The van der Waals surface area contributed by atoms with Gasteiger partial charge in [0.2, 0.25) is 0 Å². The molecule has 1 saturated heterocycles. The average molecular weight is 539 g/mol. The van der Waals surface area contributed by atoms with Crippen LogP contribution < -0.4 is 0 Å². The number of ether oxygens (including phenoxy) is 3. The van der Waals surface area contributed by atoms with E-state index in [4.69, 9.17) is 14.2 Å². The van der Waals surface area contributed by atoms with Crippen molar-refractivity contribution in [2.45, 2.75) is 125 Å². The summed E-state index contributed by atoms with van der Waals surface area (Å²) in [5.74, 6) is -0.718. The molecular weight excluding hydrogens is 496 g/mol. The molecular formula is C28H42O10. The van der Waals surface area contributed by atoms with Gasteiger partial charge in [-0.25, -0.2) is 4.79 Å². The van der Waals surface area contributed by atoms with Crippen LogP contribution >= 0.6 is 0 Å². The van der Waals surface area contributed by atoms with Crippen molar-refractivity contribution in [2.24, 2.45) is 23.2 Å². The largest absolute Gasteiger partial charge is 0.458 e. The summed E-state index contributed by atoms with van der Waals surface area (Å²) in [5.41, 5.74) is -3.29. The van der Waals surface area contributed by atoms with Gasteiger partial charge in [0.25, 0.3) is 0 Å². The number of esters is 1. The zero-order valence-electron chi connectivity index (χ0n) is 22.2. The van der Waals surface area contributed by atoms with Gasteiger partial charge in [-0.05, 0) is 81.6 Å². The maximum Gasteiger partial charge on any atom is 0.331 e. The van der Waals surface area contributed by atoms with Crippen molar-refractivity contribution < 1.29 is 49.6 Å². The third kappa shape index (κ3) is 3.64. The lowest BCUT2D eigenvalue weighted by atomic mass is 9.45. The van der Waals surface area contributed by atoms with Crippen molar-refractivity contribution in [1.82, 2.24) is 0 Å². The van der Waals surface area contributed by atoms with E-state index in [2.05, 4.69) is 6.92 Å². The monoisotopic (exact) mass is 538 g/mol. The Hall–Kier alpha value is -1.11. The molecule has 4 saturated carbocycles. The van der Waals surface area contributed by atoms with E-state index in [9.17, 15) is 35.4 Å². The van der Waals surface area contributed by atoms with E-state index < -0.39 is 59.0 Å². The third-order valence-electron chi connectivity index (χ3n) is 11.6. The molecule has 38 heavy (non-hydrogen) atoms. The van der Waals surface area contributed by atoms with Crippen LogP contribution in [0.2, 0.25) is 0 Å². The number of aliphatic hydroxyl groups excluding tert-OH is 3. The zero-order chi connectivity index (χ0) is 27.3. The first-order chi connectivity index (χ1) is 17.8. The molecule has 10 nitrogen and oxygen atoms in total. The molecule has 2 heterocycles. The predicted molar refractivity (Wildman–Crippen MR) is 131 cm³/mol. The van der Waals surface area contributed by atoms with Gasteiger partial charge in [-0.15, -0.1) is 0 Å². The minimum Gasteiger partial charge on any atom is -0.458 e. The third-order valence-corrected chi connectivity index (χ3v) is 11.6. The number of carbonyl (C=O) groups is 1. The molecule has 0 spiro atoms. The molecule has 13 atom stereocenters. The first-order valence-corrected chi connectivity index (χ1v) is 14.2. The highest BCUT2D eigenvalue weighted by Crippen LogP contribution is 2.68. The molecule has 0 aromatic heterocycles. The SMILES string of the molecule is CC1OC(OC2CCC3(O)C4CCC5(C)C(C6=CC(=O)OC6)CCC5(O)C4CCC3(O)C2)C(O)C(O)C1O. The fourth-order valence-corrected chi connectivity index (χ4v) is 9.40. The van der Waals surface area contributed by atoms with Gasteiger partial charge in [0.05, 0.1) is 29.0 Å². The molecule has 0 aromatic carbocycles. The maximum absolute atomic E-state index is 12.3. The lowest BCUT2D eigenvalue weighted by Crippen LogP contribution is -2.72. The number of fused-ring (bicyclic) bond motifs is 5. The molecule has 2 aliphatic heterocycles. The lowest BCUT2D eigenvalue weighted by molar-refractivity contribution is -0.327. The smallest absolute Gasteiger partial charge is 0.331 e. The summed E-state index contributed by atoms with van der Waals surface area (Å²) >= 11 is 0. The van der Waals surface area contributed by atoms with Crippen molar-refractivity contribution in [3.05, 3.63) is 11.6 Å². The van der Waals surface area contributed by atoms with Crippen LogP contribution in [0.15, 0.2) is 11.6 Å². The Kier molecular flexibility index (Phi) is 6.37. The fraction of sp³-hybridized carbons (Fsp3) is 0.893. The van der Waals surface area contributed by atoms with Gasteiger partial charge in [0.1, 0.15) is 24.9 Å². The second kappa shape index (κ2) is 8.94. The predicted octanol–water partition coefficient (Wildman–Crippen LogP) is 0.296. The van der Waals surface area contributed by atoms with Crippen LogP contribution in [0.4, 0.5) is 0 Å².